The fourth-order valence-electron chi connectivity index (χ4n) is 9.31. The first-order valence-corrected chi connectivity index (χ1v) is 30.0. The molecule has 2 atom stereocenters. The standard InChI is InChI=1S/C61H109NO10/c1-7-12-16-20-24-25-29-37-56(63)45-52(47-58(64)69-40-30-26-21-17-13-8-2)48-61(67)72-44-39-55(62-51(6)34-11-5)38-43-68-57(54-35-33-36-54)46-53(49-59(65)70-41-31-27-22-18-14-9-3)50-60(66)71-42-32-28-23-19-15-10-4/h52-53,55,62H,6-50H2,1-5H3. The number of hydrogen-bond acceptors (Lipinski definition) is 11. The Kier molecular flexibility index (Phi) is 43.8. The molecule has 1 N–H and O–H groups in total. The predicted octanol–water partition coefficient (Wildman–Crippen LogP) is 16.0. The number of allylic oxidation sites excluding steroid dienone is 3. The van der Waals surface area contributed by atoms with Crippen molar-refractivity contribution in [1.82, 2.24) is 5.32 Å². The number of ketones is 1. The number of unbranched alkanes of at least 4 members (excludes halogenated alkanes) is 21. The van der Waals surface area contributed by atoms with Gasteiger partial charge < -0.3 is 29.0 Å². The number of Topliss-reactive ketones (excluding diaryl/α,β-unsaturated/α-hetero) is 1. The Bertz CT molecular complexity index is 1370. The van der Waals surface area contributed by atoms with E-state index in [0.29, 0.717) is 52.1 Å². The number of nitrogens with one attached hydrogen (secondary N) is 1. The molecule has 11 nitrogen and oxygen atoms in total. The third-order valence-corrected chi connectivity index (χ3v) is 13.9. The Morgan fingerprint density at radius 3 is 1.17 bits per heavy atom. The summed E-state index contributed by atoms with van der Waals surface area (Å²) in [5.41, 5.74) is 2.14. The molecular weight excluding hydrogens is 907 g/mol. The zero-order valence-corrected chi connectivity index (χ0v) is 47.1. The minimum absolute atomic E-state index is 0.0180. The maximum Gasteiger partial charge on any atom is 0.306 e. The van der Waals surface area contributed by atoms with E-state index in [9.17, 15) is 24.0 Å². The zero-order chi connectivity index (χ0) is 52.7. The Balaban J connectivity index is 2.95. The predicted molar refractivity (Wildman–Crippen MR) is 293 cm³/mol. The molecule has 1 fully saturated rings. The van der Waals surface area contributed by atoms with Crippen LogP contribution in [-0.2, 0) is 47.7 Å². The van der Waals surface area contributed by atoms with Crippen molar-refractivity contribution >= 4 is 29.7 Å². The molecule has 0 aromatic heterocycles. The van der Waals surface area contributed by atoms with Gasteiger partial charge >= 0.3 is 23.9 Å². The van der Waals surface area contributed by atoms with Gasteiger partial charge in [-0.1, -0.05) is 182 Å². The average Bonchev–Trinajstić information content (AvgIpc) is 3.32. The summed E-state index contributed by atoms with van der Waals surface area (Å²) in [7, 11) is 0. The van der Waals surface area contributed by atoms with Gasteiger partial charge in [0.15, 0.2) is 0 Å². The van der Waals surface area contributed by atoms with Crippen LogP contribution in [0.3, 0.4) is 0 Å². The van der Waals surface area contributed by atoms with Gasteiger partial charge in [0.1, 0.15) is 5.78 Å². The fourth-order valence-corrected chi connectivity index (χ4v) is 9.31. The first-order valence-electron chi connectivity index (χ1n) is 30.0. The topological polar surface area (TPSA) is 144 Å². The average molecular weight is 1020 g/mol. The third-order valence-electron chi connectivity index (χ3n) is 13.9. The second kappa shape index (κ2) is 47.4. The Labute approximate surface area is 440 Å². The highest BCUT2D eigenvalue weighted by atomic mass is 16.5. The van der Waals surface area contributed by atoms with Crippen LogP contribution < -0.4 is 5.32 Å². The molecule has 2 unspecified atom stereocenters. The second-order valence-corrected chi connectivity index (χ2v) is 21.1. The van der Waals surface area contributed by atoms with Crippen LogP contribution in [0.4, 0.5) is 0 Å². The van der Waals surface area contributed by atoms with Crippen molar-refractivity contribution in [1.29, 1.82) is 0 Å². The fraction of sp³-hybridized carbons (Fsp3) is 0.852. The van der Waals surface area contributed by atoms with Crippen molar-refractivity contribution < 1.29 is 47.7 Å². The molecule has 0 aromatic rings. The molecule has 0 aliphatic heterocycles. The second-order valence-electron chi connectivity index (χ2n) is 21.1. The number of hydrogen-bond donors (Lipinski definition) is 1. The summed E-state index contributed by atoms with van der Waals surface area (Å²) in [6.45, 7) is 16.9. The maximum absolute atomic E-state index is 13.4. The van der Waals surface area contributed by atoms with Crippen LogP contribution in [0.1, 0.15) is 285 Å². The molecule has 418 valence electrons. The largest absolute Gasteiger partial charge is 0.498 e. The van der Waals surface area contributed by atoms with Crippen LogP contribution in [-0.4, -0.2) is 68.7 Å². The molecule has 72 heavy (non-hydrogen) atoms. The molecular formula is C61H109NO10. The monoisotopic (exact) mass is 1020 g/mol. The summed E-state index contributed by atoms with van der Waals surface area (Å²) in [6.07, 6.45) is 34.8. The first-order chi connectivity index (χ1) is 35.0. The van der Waals surface area contributed by atoms with Gasteiger partial charge in [0.25, 0.3) is 0 Å². The molecule has 1 rings (SSSR count). The molecule has 1 saturated carbocycles. The molecule has 1 aliphatic carbocycles. The highest BCUT2D eigenvalue weighted by Crippen LogP contribution is 2.34. The number of rotatable bonds is 52. The summed E-state index contributed by atoms with van der Waals surface area (Å²) in [6, 6.07) is -0.0921. The van der Waals surface area contributed by atoms with Gasteiger partial charge in [0.05, 0.1) is 38.8 Å². The van der Waals surface area contributed by atoms with E-state index in [-0.39, 0.29) is 74.4 Å². The minimum Gasteiger partial charge on any atom is -0.498 e. The molecule has 11 heteroatoms. The van der Waals surface area contributed by atoms with Crippen LogP contribution in [0.5, 0.6) is 0 Å². The van der Waals surface area contributed by atoms with E-state index in [2.05, 4.69) is 46.5 Å². The third kappa shape index (κ3) is 39.1. The summed E-state index contributed by atoms with van der Waals surface area (Å²) in [5.74, 6) is -1.19. The minimum atomic E-state index is -0.468. The number of carbonyl (C=O) groups excluding carboxylic acids is 5. The maximum atomic E-state index is 13.4. The van der Waals surface area contributed by atoms with Crippen LogP contribution in [0.15, 0.2) is 23.6 Å². The summed E-state index contributed by atoms with van der Waals surface area (Å²) < 4.78 is 29.4. The highest BCUT2D eigenvalue weighted by Gasteiger charge is 2.26. The summed E-state index contributed by atoms with van der Waals surface area (Å²) >= 11 is 0. The van der Waals surface area contributed by atoms with E-state index in [4.69, 9.17) is 23.7 Å². The van der Waals surface area contributed by atoms with Crippen molar-refractivity contribution in [3.8, 4) is 0 Å². The Morgan fingerprint density at radius 1 is 0.417 bits per heavy atom. The van der Waals surface area contributed by atoms with Crippen molar-refractivity contribution in [3.05, 3.63) is 23.6 Å². The lowest BCUT2D eigenvalue weighted by atomic mass is 9.87. The lowest BCUT2D eigenvalue weighted by Gasteiger charge is -2.27. The van der Waals surface area contributed by atoms with Gasteiger partial charge in [-0.15, -0.1) is 0 Å². The molecule has 0 heterocycles. The summed E-state index contributed by atoms with van der Waals surface area (Å²) in [5, 5.41) is 3.55. The van der Waals surface area contributed by atoms with Gasteiger partial charge in [0.2, 0.25) is 0 Å². The smallest absolute Gasteiger partial charge is 0.306 e. The van der Waals surface area contributed by atoms with Gasteiger partial charge in [-0.25, -0.2) is 0 Å². The van der Waals surface area contributed by atoms with E-state index in [0.717, 1.165) is 121 Å². The van der Waals surface area contributed by atoms with Crippen molar-refractivity contribution in [3.63, 3.8) is 0 Å². The van der Waals surface area contributed by atoms with E-state index in [1.165, 1.54) is 89.0 Å². The zero-order valence-electron chi connectivity index (χ0n) is 47.1. The van der Waals surface area contributed by atoms with Crippen LogP contribution >= 0.6 is 0 Å². The van der Waals surface area contributed by atoms with Gasteiger partial charge in [-0.05, 0) is 68.8 Å². The van der Waals surface area contributed by atoms with Gasteiger partial charge in [0, 0.05) is 69.5 Å². The SMILES string of the molecule is C=C(CCC)NC(CCOC(=O)CC(CC(=O)CCCCCCCCC)CC(=O)OCCCCCCCC)CCOC(CC(CC(=O)OCCCCCCCC)CC(=O)OCCCCCCCC)=C1CCC1. The molecule has 0 saturated heterocycles. The van der Waals surface area contributed by atoms with Crippen molar-refractivity contribution in [2.75, 3.05) is 33.0 Å². The molecule has 1 aliphatic rings. The lowest BCUT2D eigenvalue weighted by molar-refractivity contribution is -0.149. The Hall–Kier alpha value is -3.37. The lowest BCUT2D eigenvalue weighted by Crippen LogP contribution is -2.31. The molecule has 0 spiro atoms. The molecule has 0 aromatic carbocycles. The molecule has 0 radical (unpaired) electrons. The number of ether oxygens (including phenoxy) is 5. The normalized spacial score (nSPS) is 13.0. The number of esters is 4. The van der Waals surface area contributed by atoms with Gasteiger partial charge in [-0.2, -0.15) is 0 Å². The van der Waals surface area contributed by atoms with E-state index >= 15 is 0 Å². The van der Waals surface area contributed by atoms with E-state index < -0.39 is 11.9 Å². The quantitative estimate of drug-likeness (QED) is 0.0269. The van der Waals surface area contributed by atoms with Gasteiger partial charge in [-0.3, -0.25) is 24.0 Å². The van der Waals surface area contributed by atoms with Crippen LogP contribution in [0, 0.1) is 11.8 Å². The van der Waals surface area contributed by atoms with Crippen molar-refractivity contribution in [2.45, 2.75) is 291 Å². The van der Waals surface area contributed by atoms with Crippen molar-refractivity contribution in [2.24, 2.45) is 11.8 Å². The Morgan fingerprint density at radius 2 is 0.778 bits per heavy atom. The van der Waals surface area contributed by atoms with E-state index in [1.54, 1.807) is 0 Å². The molecule has 0 amide bonds. The first kappa shape index (κ1) is 66.6. The van der Waals surface area contributed by atoms with E-state index in [1.807, 2.05) is 0 Å². The van der Waals surface area contributed by atoms with Crippen LogP contribution in [0.25, 0.3) is 0 Å². The number of carbonyl (C=O) groups is 5. The summed E-state index contributed by atoms with van der Waals surface area (Å²) in [4.78, 5) is 65.9. The highest BCUT2D eigenvalue weighted by molar-refractivity contribution is 5.81. The molecule has 0 bridgehead atoms. The van der Waals surface area contributed by atoms with Crippen LogP contribution in [0.2, 0.25) is 0 Å².